The van der Waals surface area contributed by atoms with Crippen LogP contribution in [-0.2, 0) is 16.6 Å². The van der Waals surface area contributed by atoms with Gasteiger partial charge in [0.1, 0.15) is 10.7 Å². The molecule has 0 aliphatic rings. The maximum Gasteiger partial charge on any atom is 0.343 e. The number of hydrogen-bond donors (Lipinski definition) is 1. The van der Waals surface area contributed by atoms with E-state index in [1.807, 2.05) is 0 Å². The number of carbonyl (C=O) groups excluding carboxylic acids is 2. The zero-order valence-corrected chi connectivity index (χ0v) is 17.7. The summed E-state index contributed by atoms with van der Waals surface area (Å²) >= 11 is 7.18. The Balaban J connectivity index is 1.67. The van der Waals surface area contributed by atoms with Crippen molar-refractivity contribution in [3.8, 4) is 11.3 Å². The summed E-state index contributed by atoms with van der Waals surface area (Å²) in [5.74, 6) is -1.34. The molecule has 0 spiro atoms. The van der Waals surface area contributed by atoms with Crippen molar-refractivity contribution in [2.75, 3.05) is 5.32 Å². The number of benzene rings is 1. The molecule has 1 N–H and O–H groups in total. The third-order valence-corrected chi connectivity index (χ3v) is 5.29. The first-order chi connectivity index (χ1) is 14.2. The highest BCUT2D eigenvalue weighted by molar-refractivity contribution is 7.14. The topological polar surface area (TPSA) is 129 Å². The van der Waals surface area contributed by atoms with E-state index < -0.39 is 22.9 Å². The third kappa shape index (κ3) is 4.47. The molecule has 0 radical (unpaired) electrons. The predicted octanol–water partition coefficient (Wildman–Crippen LogP) is 3.60. The quantitative estimate of drug-likeness (QED) is 0.345. The second-order valence-corrected chi connectivity index (χ2v) is 7.47. The molecule has 3 rings (SSSR count). The average molecular weight is 450 g/mol. The smallest absolute Gasteiger partial charge is 0.343 e. The van der Waals surface area contributed by atoms with Crippen LogP contribution in [0.15, 0.2) is 29.6 Å². The molecule has 156 valence electrons. The van der Waals surface area contributed by atoms with Crippen LogP contribution in [0.3, 0.4) is 0 Å². The number of halogens is 1. The standard InChI is InChI=1S/C18H16ClN5O5S/c1-9-14(15(19)23(3)22-9)17(26)29-10(2)16(25)21-18-20-13(8-30-18)11-5-4-6-12(7-11)24(27)28/h4-8,10H,1-3H3,(H,20,21,25)/t10-/m1/s1. The van der Waals surface area contributed by atoms with Gasteiger partial charge in [-0.3, -0.25) is 24.9 Å². The Labute approximate surface area is 179 Å². The van der Waals surface area contributed by atoms with Crippen molar-refractivity contribution in [2.45, 2.75) is 20.0 Å². The minimum Gasteiger partial charge on any atom is -0.449 e. The molecule has 12 heteroatoms. The van der Waals surface area contributed by atoms with Crippen LogP contribution in [0.1, 0.15) is 23.0 Å². The summed E-state index contributed by atoms with van der Waals surface area (Å²) in [5.41, 5.74) is 1.45. The molecule has 0 aliphatic heterocycles. The molecule has 3 aromatic rings. The number of esters is 1. The van der Waals surface area contributed by atoms with Gasteiger partial charge in [0.05, 0.1) is 16.3 Å². The molecule has 0 saturated heterocycles. The minimum absolute atomic E-state index is 0.0593. The lowest BCUT2D eigenvalue weighted by Crippen LogP contribution is -2.30. The number of rotatable bonds is 6. The molecule has 1 aromatic carbocycles. The number of anilines is 1. The van der Waals surface area contributed by atoms with Crippen LogP contribution in [0.25, 0.3) is 11.3 Å². The van der Waals surface area contributed by atoms with E-state index in [0.717, 1.165) is 11.3 Å². The summed E-state index contributed by atoms with van der Waals surface area (Å²) in [6.07, 6.45) is -1.11. The van der Waals surface area contributed by atoms with Crippen LogP contribution in [0.4, 0.5) is 10.8 Å². The van der Waals surface area contributed by atoms with Gasteiger partial charge in [-0.05, 0) is 13.8 Å². The second-order valence-electron chi connectivity index (χ2n) is 6.26. The lowest BCUT2D eigenvalue weighted by atomic mass is 10.1. The van der Waals surface area contributed by atoms with E-state index >= 15 is 0 Å². The van der Waals surface area contributed by atoms with E-state index in [1.165, 1.54) is 23.7 Å². The maximum absolute atomic E-state index is 12.4. The van der Waals surface area contributed by atoms with Crippen molar-refractivity contribution < 1.29 is 19.2 Å². The summed E-state index contributed by atoms with van der Waals surface area (Å²) in [6, 6.07) is 6.01. The van der Waals surface area contributed by atoms with Crippen molar-refractivity contribution in [1.82, 2.24) is 14.8 Å². The Morgan fingerprint density at radius 1 is 1.40 bits per heavy atom. The Morgan fingerprint density at radius 2 is 2.13 bits per heavy atom. The van der Waals surface area contributed by atoms with Gasteiger partial charge >= 0.3 is 5.97 Å². The number of amides is 1. The number of hydrogen-bond acceptors (Lipinski definition) is 8. The molecule has 2 heterocycles. The van der Waals surface area contributed by atoms with Crippen molar-refractivity contribution in [2.24, 2.45) is 7.05 Å². The van der Waals surface area contributed by atoms with E-state index in [0.29, 0.717) is 17.0 Å². The molecule has 10 nitrogen and oxygen atoms in total. The number of aromatic nitrogens is 3. The fraction of sp³-hybridized carbons (Fsp3) is 0.222. The van der Waals surface area contributed by atoms with Crippen molar-refractivity contribution in [3.05, 3.63) is 56.2 Å². The average Bonchev–Trinajstić information content (AvgIpc) is 3.25. The lowest BCUT2D eigenvalue weighted by molar-refractivity contribution is -0.384. The molecular weight excluding hydrogens is 434 g/mol. The highest BCUT2D eigenvalue weighted by atomic mass is 35.5. The molecule has 0 aliphatic carbocycles. The molecule has 0 fully saturated rings. The first-order valence-electron chi connectivity index (χ1n) is 8.58. The molecule has 0 bridgehead atoms. The zero-order valence-electron chi connectivity index (χ0n) is 16.1. The Kier molecular flexibility index (Phi) is 6.13. The number of carbonyl (C=O) groups is 2. The van der Waals surface area contributed by atoms with Gasteiger partial charge in [-0.2, -0.15) is 5.10 Å². The van der Waals surface area contributed by atoms with Gasteiger partial charge in [0, 0.05) is 30.1 Å². The summed E-state index contributed by atoms with van der Waals surface area (Å²) in [7, 11) is 1.59. The van der Waals surface area contributed by atoms with Crippen molar-refractivity contribution in [1.29, 1.82) is 0 Å². The second kappa shape index (κ2) is 8.59. The fourth-order valence-corrected chi connectivity index (χ4v) is 3.56. The predicted molar refractivity (Wildman–Crippen MR) is 111 cm³/mol. The first-order valence-corrected chi connectivity index (χ1v) is 9.84. The number of nitrogens with zero attached hydrogens (tertiary/aromatic N) is 4. The molecule has 1 atom stereocenters. The SMILES string of the molecule is Cc1nn(C)c(Cl)c1C(=O)O[C@H](C)C(=O)Nc1nc(-c2cccc([N+](=O)[O-])c2)cs1. The summed E-state index contributed by atoms with van der Waals surface area (Å²) in [6.45, 7) is 3.03. The summed E-state index contributed by atoms with van der Waals surface area (Å²) in [5, 5.41) is 19.6. The Bertz CT molecular complexity index is 1140. The van der Waals surface area contributed by atoms with E-state index in [9.17, 15) is 19.7 Å². The van der Waals surface area contributed by atoms with Crippen LogP contribution < -0.4 is 5.32 Å². The van der Waals surface area contributed by atoms with E-state index in [-0.39, 0.29) is 21.5 Å². The van der Waals surface area contributed by atoms with Gasteiger partial charge in [-0.25, -0.2) is 9.78 Å². The minimum atomic E-state index is -1.11. The number of thiazole rings is 1. The van der Waals surface area contributed by atoms with Crippen LogP contribution >= 0.6 is 22.9 Å². The first kappa shape index (κ1) is 21.4. The van der Waals surface area contributed by atoms with Gasteiger partial charge in [0.15, 0.2) is 11.2 Å². The number of aryl methyl sites for hydroxylation is 2. The number of nitro groups is 1. The third-order valence-electron chi connectivity index (χ3n) is 4.10. The van der Waals surface area contributed by atoms with Crippen LogP contribution in [0, 0.1) is 17.0 Å². The summed E-state index contributed by atoms with van der Waals surface area (Å²) in [4.78, 5) is 39.4. The number of ether oxygens (including phenoxy) is 1. The van der Waals surface area contributed by atoms with Crippen molar-refractivity contribution in [3.63, 3.8) is 0 Å². The largest absolute Gasteiger partial charge is 0.449 e. The van der Waals surface area contributed by atoms with Crippen LogP contribution in [0.5, 0.6) is 0 Å². The highest BCUT2D eigenvalue weighted by Gasteiger charge is 2.25. The van der Waals surface area contributed by atoms with Gasteiger partial charge in [-0.15, -0.1) is 11.3 Å². The summed E-state index contributed by atoms with van der Waals surface area (Å²) < 4.78 is 6.53. The van der Waals surface area contributed by atoms with Crippen LogP contribution in [0.2, 0.25) is 5.15 Å². The van der Waals surface area contributed by atoms with Crippen molar-refractivity contribution >= 4 is 45.6 Å². The molecule has 0 saturated carbocycles. The van der Waals surface area contributed by atoms with E-state index in [1.54, 1.807) is 31.5 Å². The molecular formula is C18H16ClN5O5S. The molecule has 2 aromatic heterocycles. The highest BCUT2D eigenvalue weighted by Crippen LogP contribution is 2.27. The normalized spacial score (nSPS) is 11.7. The number of nitro benzene ring substituents is 1. The molecule has 0 unspecified atom stereocenters. The Morgan fingerprint density at radius 3 is 2.77 bits per heavy atom. The Hall–Kier alpha value is -3.31. The number of non-ortho nitro benzene ring substituents is 1. The zero-order chi connectivity index (χ0) is 22.0. The van der Waals surface area contributed by atoms with Gasteiger partial charge < -0.3 is 4.74 Å². The number of nitrogens with one attached hydrogen (secondary N) is 1. The van der Waals surface area contributed by atoms with Crippen LogP contribution in [-0.4, -0.2) is 37.7 Å². The fourth-order valence-electron chi connectivity index (χ4n) is 2.58. The van der Waals surface area contributed by atoms with Gasteiger partial charge in [0.25, 0.3) is 11.6 Å². The van der Waals surface area contributed by atoms with E-state index in [4.69, 9.17) is 16.3 Å². The van der Waals surface area contributed by atoms with Gasteiger partial charge in [-0.1, -0.05) is 23.7 Å². The van der Waals surface area contributed by atoms with E-state index in [2.05, 4.69) is 15.4 Å². The maximum atomic E-state index is 12.4. The monoisotopic (exact) mass is 449 g/mol. The lowest BCUT2D eigenvalue weighted by Gasteiger charge is -2.12. The molecule has 30 heavy (non-hydrogen) atoms. The molecule has 1 amide bonds. The van der Waals surface area contributed by atoms with Gasteiger partial charge in [0.2, 0.25) is 0 Å².